The number of nitrogens with one attached hydrogen (secondary N) is 1. The fraction of sp³-hybridized carbons (Fsp3) is 0.571. The molecule has 1 aliphatic heterocycles. The molecule has 1 aromatic carbocycles. The SMILES string of the molecule is Brc1ccccc1CC1(C2CC2)CCCN1. The Kier molecular flexibility index (Phi) is 2.80. The molecule has 0 spiro atoms. The van der Waals surface area contributed by atoms with Gasteiger partial charge >= 0.3 is 0 Å². The Hall–Kier alpha value is -0.340. The van der Waals surface area contributed by atoms with Crippen molar-refractivity contribution in [3.05, 3.63) is 34.3 Å². The van der Waals surface area contributed by atoms with Crippen molar-refractivity contribution < 1.29 is 0 Å². The Balaban J connectivity index is 1.84. The summed E-state index contributed by atoms with van der Waals surface area (Å²) in [6, 6.07) is 8.66. The van der Waals surface area contributed by atoms with Crippen LogP contribution in [-0.2, 0) is 6.42 Å². The molecule has 2 fully saturated rings. The van der Waals surface area contributed by atoms with Gasteiger partial charge in [-0.25, -0.2) is 0 Å². The second kappa shape index (κ2) is 4.15. The van der Waals surface area contributed by atoms with Crippen LogP contribution in [-0.4, -0.2) is 12.1 Å². The molecule has 16 heavy (non-hydrogen) atoms. The van der Waals surface area contributed by atoms with Crippen molar-refractivity contribution in [2.45, 2.75) is 37.6 Å². The van der Waals surface area contributed by atoms with E-state index in [0.29, 0.717) is 5.54 Å². The van der Waals surface area contributed by atoms with E-state index >= 15 is 0 Å². The van der Waals surface area contributed by atoms with Crippen molar-refractivity contribution in [1.29, 1.82) is 0 Å². The highest BCUT2D eigenvalue weighted by Gasteiger charge is 2.46. The highest BCUT2D eigenvalue weighted by molar-refractivity contribution is 9.10. The molecule has 1 saturated carbocycles. The summed E-state index contributed by atoms with van der Waals surface area (Å²) in [4.78, 5) is 0. The van der Waals surface area contributed by atoms with Crippen molar-refractivity contribution in [1.82, 2.24) is 5.32 Å². The summed E-state index contributed by atoms with van der Waals surface area (Å²) in [6.45, 7) is 1.21. The van der Waals surface area contributed by atoms with Gasteiger partial charge in [0.1, 0.15) is 0 Å². The normalized spacial score (nSPS) is 29.6. The molecular formula is C14H18BrN. The summed E-state index contributed by atoms with van der Waals surface area (Å²) in [5.41, 5.74) is 1.88. The van der Waals surface area contributed by atoms with Gasteiger partial charge in [0.05, 0.1) is 0 Å². The summed E-state index contributed by atoms with van der Waals surface area (Å²) in [5.74, 6) is 0.933. The molecule has 1 saturated heterocycles. The molecule has 1 N–H and O–H groups in total. The van der Waals surface area contributed by atoms with Crippen LogP contribution in [0.5, 0.6) is 0 Å². The molecule has 3 rings (SSSR count). The van der Waals surface area contributed by atoms with Crippen LogP contribution in [0.2, 0.25) is 0 Å². The molecule has 2 aliphatic rings. The number of benzene rings is 1. The van der Waals surface area contributed by atoms with Crippen LogP contribution < -0.4 is 5.32 Å². The van der Waals surface area contributed by atoms with E-state index in [-0.39, 0.29) is 0 Å². The molecular weight excluding hydrogens is 262 g/mol. The van der Waals surface area contributed by atoms with Gasteiger partial charge in [-0.1, -0.05) is 34.1 Å². The van der Waals surface area contributed by atoms with E-state index in [0.717, 1.165) is 5.92 Å². The van der Waals surface area contributed by atoms with E-state index in [2.05, 4.69) is 45.5 Å². The number of halogens is 1. The highest BCUT2D eigenvalue weighted by Crippen LogP contribution is 2.46. The first-order valence-electron chi connectivity index (χ1n) is 6.29. The van der Waals surface area contributed by atoms with Gasteiger partial charge in [-0.2, -0.15) is 0 Å². The average molecular weight is 280 g/mol. The fourth-order valence-electron chi connectivity index (χ4n) is 3.09. The van der Waals surface area contributed by atoms with Crippen LogP contribution in [0.1, 0.15) is 31.2 Å². The highest BCUT2D eigenvalue weighted by atomic mass is 79.9. The lowest BCUT2D eigenvalue weighted by Crippen LogP contribution is -2.44. The van der Waals surface area contributed by atoms with Crippen molar-refractivity contribution in [2.75, 3.05) is 6.54 Å². The molecule has 1 unspecified atom stereocenters. The maximum Gasteiger partial charge on any atom is 0.0250 e. The summed E-state index contributed by atoms with van der Waals surface area (Å²) in [5, 5.41) is 3.79. The van der Waals surface area contributed by atoms with Gasteiger partial charge in [0.2, 0.25) is 0 Å². The maximum atomic E-state index is 3.79. The lowest BCUT2D eigenvalue weighted by atomic mass is 9.85. The summed E-state index contributed by atoms with van der Waals surface area (Å²) in [6.07, 6.45) is 6.76. The van der Waals surface area contributed by atoms with Gasteiger partial charge < -0.3 is 5.32 Å². The van der Waals surface area contributed by atoms with Gasteiger partial charge in [0.15, 0.2) is 0 Å². The lowest BCUT2D eigenvalue weighted by Gasteiger charge is -2.30. The zero-order chi connectivity index (χ0) is 11.0. The predicted molar refractivity (Wildman–Crippen MR) is 70.5 cm³/mol. The molecule has 0 radical (unpaired) electrons. The quantitative estimate of drug-likeness (QED) is 0.893. The lowest BCUT2D eigenvalue weighted by molar-refractivity contribution is 0.323. The number of rotatable bonds is 3. The van der Waals surface area contributed by atoms with Gasteiger partial charge in [-0.05, 0) is 56.2 Å². The van der Waals surface area contributed by atoms with Gasteiger partial charge in [0, 0.05) is 10.0 Å². The minimum atomic E-state index is 0.421. The predicted octanol–water partition coefficient (Wildman–Crippen LogP) is 3.52. The molecule has 1 aliphatic carbocycles. The Morgan fingerprint density at radius 2 is 2.12 bits per heavy atom. The molecule has 0 aromatic heterocycles. The molecule has 0 bridgehead atoms. The van der Waals surface area contributed by atoms with Crippen LogP contribution >= 0.6 is 15.9 Å². The zero-order valence-corrected chi connectivity index (χ0v) is 11.1. The third-order valence-electron chi connectivity index (χ3n) is 4.10. The molecule has 1 aromatic rings. The Morgan fingerprint density at radius 1 is 1.31 bits per heavy atom. The van der Waals surface area contributed by atoms with Crippen molar-refractivity contribution in [2.24, 2.45) is 5.92 Å². The zero-order valence-electron chi connectivity index (χ0n) is 9.51. The molecule has 0 amide bonds. The molecule has 1 atom stereocenters. The Labute approximate surface area is 106 Å². The smallest absolute Gasteiger partial charge is 0.0250 e. The van der Waals surface area contributed by atoms with E-state index in [9.17, 15) is 0 Å². The maximum absolute atomic E-state index is 3.79. The van der Waals surface area contributed by atoms with Crippen LogP contribution in [0.25, 0.3) is 0 Å². The van der Waals surface area contributed by atoms with Crippen LogP contribution in [0, 0.1) is 5.92 Å². The van der Waals surface area contributed by atoms with E-state index in [1.54, 1.807) is 0 Å². The van der Waals surface area contributed by atoms with E-state index < -0.39 is 0 Å². The fourth-order valence-corrected chi connectivity index (χ4v) is 3.52. The number of hydrogen-bond acceptors (Lipinski definition) is 1. The van der Waals surface area contributed by atoms with Gasteiger partial charge in [-0.15, -0.1) is 0 Å². The summed E-state index contributed by atoms with van der Waals surface area (Å²) >= 11 is 3.67. The summed E-state index contributed by atoms with van der Waals surface area (Å²) in [7, 11) is 0. The Morgan fingerprint density at radius 3 is 2.75 bits per heavy atom. The minimum Gasteiger partial charge on any atom is -0.311 e. The van der Waals surface area contributed by atoms with Crippen LogP contribution in [0.3, 0.4) is 0 Å². The molecule has 86 valence electrons. The van der Waals surface area contributed by atoms with E-state index in [1.165, 1.54) is 48.7 Å². The van der Waals surface area contributed by atoms with Crippen LogP contribution in [0.4, 0.5) is 0 Å². The Bertz CT molecular complexity index is 378. The van der Waals surface area contributed by atoms with Gasteiger partial charge in [0.25, 0.3) is 0 Å². The van der Waals surface area contributed by atoms with E-state index in [1.807, 2.05) is 0 Å². The minimum absolute atomic E-state index is 0.421. The van der Waals surface area contributed by atoms with E-state index in [4.69, 9.17) is 0 Å². The second-order valence-corrected chi connectivity index (χ2v) is 6.08. The van der Waals surface area contributed by atoms with Crippen LogP contribution in [0.15, 0.2) is 28.7 Å². The first-order chi connectivity index (χ1) is 7.80. The average Bonchev–Trinajstić information content (AvgIpc) is 3.05. The van der Waals surface area contributed by atoms with Crippen molar-refractivity contribution in [3.63, 3.8) is 0 Å². The van der Waals surface area contributed by atoms with Crippen molar-refractivity contribution in [3.8, 4) is 0 Å². The first kappa shape index (κ1) is 10.8. The number of hydrogen-bond donors (Lipinski definition) is 1. The topological polar surface area (TPSA) is 12.0 Å². The van der Waals surface area contributed by atoms with Gasteiger partial charge in [-0.3, -0.25) is 0 Å². The molecule has 1 nitrogen and oxygen atoms in total. The molecule has 2 heteroatoms. The van der Waals surface area contributed by atoms with Crippen molar-refractivity contribution >= 4 is 15.9 Å². The molecule has 1 heterocycles. The standard InChI is InChI=1S/C14H18BrN/c15-13-5-2-1-4-11(13)10-14(12-6-7-12)8-3-9-16-14/h1-2,4-5,12,16H,3,6-10H2. The monoisotopic (exact) mass is 279 g/mol. The second-order valence-electron chi connectivity index (χ2n) is 5.23. The largest absolute Gasteiger partial charge is 0.311 e. The first-order valence-corrected chi connectivity index (χ1v) is 7.08. The third-order valence-corrected chi connectivity index (χ3v) is 4.87. The summed E-state index contributed by atoms with van der Waals surface area (Å²) < 4.78 is 1.27. The third kappa shape index (κ3) is 1.93.